The van der Waals surface area contributed by atoms with Crippen molar-refractivity contribution in [3.8, 4) is 0 Å². The van der Waals surface area contributed by atoms with E-state index >= 15 is 0 Å². The second kappa shape index (κ2) is 5.19. The van der Waals surface area contributed by atoms with Gasteiger partial charge in [-0.1, -0.05) is 29.8 Å². The summed E-state index contributed by atoms with van der Waals surface area (Å²) in [5.74, 6) is 0.120. The van der Waals surface area contributed by atoms with Crippen LogP contribution in [0.5, 0.6) is 0 Å². The summed E-state index contributed by atoms with van der Waals surface area (Å²) in [7, 11) is -2.95. The molecular formula is C13H20O3S. The Morgan fingerprint density at radius 1 is 1.24 bits per heavy atom. The Balaban J connectivity index is 2.65. The standard InChI is InChI=1S/C13H20O3S/c1-11-5-7-12(8-6-11)13(2,14)9-4-10-17(3,15)16/h5-8,14H,4,9-10H2,1-3H3. The molecule has 1 unspecified atom stereocenters. The molecule has 1 atom stereocenters. The van der Waals surface area contributed by atoms with Crippen molar-refractivity contribution < 1.29 is 13.5 Å². The van der Waals surface area contributed by atoms with E-state index in [1.807, 2.05) is 31.2 Å². The van der Waals surface area contributed by atoms with Crippen LogP contribution in [0.1, 0.15) is 30.9 Å². The molecule has 0 aliphatic carbocycles. The zero-order valence-electron chi connectivity index (χ0n) is 10.6. The van der Waals surface area contributed by atoms with E-state index in [2.05, 4.69) is 0 Å². The Morgan fingerprint density at radius 3 is 2.24 bits per heavy atom. The summed E-state index contributed by atoms with van der Waals surface area (Å²) in [4.78, 5) is 0. The summed E-state index contributed by atoms with van der Waals surface area (Å²) in [6, 6.07) is 7.66. The lowest BCUT2D eigenvalue weighted by Crippen LogP contribution is -2.22. The van der Waals surface area contributed by atoms with Gasteiger partial charge in [0.1, 0.15) is 9.84 Å². The SMILES string of the molecule is Cc1ccc(C(C)(O)CCCS(C)(=O)=O)cc1. The molecule has 96 valence electrons. The highest BCUT2D eigenvalue weighted by Gasteiger charge is 2.22. The molecule has 1 N–H and O–H groups in total. The van der Waals surface area contributed by atoms with E-state index in [0.29, 0.717) is 12.8 Å². The maximum absolute atomic E-state index is 11.0. The maximum Gasteiger partial charge on any atom is 0.147 e. The Hall–Kier alpha value is -0.870. The molecule has 0 bridgehead atoms. The third kappa shape index (κ3) is 4.88. The third-order valence-electron chi connectivity index (χ3n) is 2.85. The molecule has 0 saturated carbocycles. The second-order valence-electron chi connectivity index (χ2n) is 4.87. The number of sulfone groups is 1. The highest BCUT2D eigenvalue weighted by Crippen LogP contribution is 2.26. The molecule has 0 aliphatic heterocycles. The first-order chi connectivity index (χ1) is 7.71. The number of rotatable bonds is 5. The summed E-state index contributed by atoms with van der Waals surface area (Å²) in [5, 5.41) is 10.3. The van der Waals surface area contributed by atoms with E-state index < -0.39 is 15.4 Å². The maximum atomic E-state index is 11.0. The lowest BCUT2D eigenvalue weighted by molar-refractivity contribution is 0.0472. The summed E-state index contributed by atoms with van der Waals surface area (Å²) >= 11 is 0. The molecule has 0 saturated heterocycles. The molecule has 0 fully saturated rings. The Morgan fingerprint density at radius 2 is 1.76 bits per heavy atom. The topological polar surface area (TPSA) is 54.4 Å². The van der Waals surface area contributed by atoms with E-state index in [1.165, 1.54) is 6.26 Å². The van der Waals surface area contributed by atoms with E-state index in [0.717, 1.165) is 11.1 Å². The van der Waals surface area contributed by atoms with Crippen molar-refractivity contribution in [3.63, 3.8) is 0 Å². The molecule has 0 aromatic heterocycles. The minimum Gasteiger partial charge on any atom is -0.385 e. The van der Waals surface area contributed by atoms with Crippen molar-refractivity contribution in [2.24, 2.45) is 0 Å². The van der Waals surface area contributed by atoms with Crippen LogP contribution in [0.4, 0.5) is 0 Å². The average molecular weight is 256 g/mol. The number of hydrogen-bond donors (Lipinski definition) is 1. The van der Waals surface area contributed by atoms with Gasteiger partial charge < -0.3 is 5.11 Å². The van der Waals surface area contributed by atoms with E-state index in [9.17, 15) is 13.5 Å². The molecule has 0 amide bonds. The van der Waals surface area contributed by atoms with Gasteiger partial charge in [0.05, 0.1) is 5.60 Å². The first kappa shape index (κ1) is 14.2. The van der Waals surface area contributed by atoms with Crippen molar-refractivity contribution in [2.75, 3.05) is 12.0 Å². The first-order valence-corrected chi connectivity index (χ1v) is 7.74. The quantitative estimate of drug-likeness (QED) is 0.877. The molecule has 0 spiro atoms. The van der Waals surface area contributed by atoms with Crippen molar-refractivity contribution in [1.29, 1.82) is 0 Å². The van der Waals surface area contributed by atoms with Crippen LogP contribution in [0.2, 0.25) is 0 Å². The van der Waals surface area contributed by atoms with E-state index in [1.54, 1.807) is 6.92 Å². The van der Waals surface area contributed by atoms with Gasteiger partial charge in [-0.2, -0.15) is 0 Å². The third-order valence-corrected chi connectivity index (χ3v) is 3.88. The number of hydrogen-bond acceptors (Lipinski definition) is 3. The van der Waals surface area contributed by atoms with Crippen LogP contribution in [-0.2, 0) is 15.4 Å². The van der Waals surface area contributed by atoms with Gasteiger partial charge in [0.2, 0.25) is 0 Å². The monoisotopic (exact) mass is 256 g/mol. The summed E-state index contributed by atoms with van der Waals surface area (Å²) in [5.41, 5.74) is 1.01. The number of aliphatic hydroxyl groups is 1. The predicted octanol–water partition coefficient (Wildman–Crippen LogP) is 2.03. The summed E-state index contributed by atoms with van der Waals surface area (Å²) in [6.45, 7) is 3.71. The van der Waals surface area contributed by atoms with Crippen LogP contribution in [0.15, 0.2) is 24.3 Å². The van der Waals surface area contributed by atoms with Crippen LogP contribution in [-0.4, -0.2) is 25.5 Å². The molecule has 0 radical (unpaired) electrons. The molecule has 4 heteroatoms. The average Bonchev–Trinajstić information content (AvgIpc) is 2.15. The molecule has 0 aliphatic rings. The Kier molecular flexibility index (Phi) is 4.33. The smallest absolute Gasteiger partial charge is 0.147 e. The van der Waals surface area contributed by atoms with E-state index in [4.69, 9.17) is 0 Å². The van der Waals surface area contributed by atoms with Gasteiger partial charge in [0, 0.05) is 12.0 Å². The lowest BCUT2D eigenvalue weighted by atomic mass is 9.91. The lowest BCUT2D eigenvalue weighted by Gasteiger charge is -2.23. The molecule has 1 rings (SSSR count). The summed E-state index contributed by atoms with van der Waals surface area (Å²) < 4.78 is 22.0. The molecule has 1 aromatic rings. The van der Waals surface area contributed by atoms with Gasteiger partial charge >= 0.3 is 0 Å². The van der Waals surface area contributed by atoms with Crippen molar-refractivity contribution in [2.45, 2.75) is 32.3 Å². The molecular weight excluding hydrogens is 236 g/mol. The van der Waals surface area contributed by atoms with Gasteiger partial charge in [-0.3, -0.25) is 0 Å². The van der Waals surface area contributed by atoms with Crippen LogP contribution >= 0.6 is 0 Å². The number of benzene rings is 1. The summed E-state index contributed by atoms with van der Waals surface area (Å²) in [6.07, 6.45) is 2.14. The zero-order valence-corrected chi connectivity index (χ0v) is 11.4. The normalized spacial score (nSPS) is 15.5. The largest absolute Gasteiger partial charge is 0.385 e. The molecule has 17 heavy (non-hydrogen) atoms. The van der Waals surface area contributed by atoms with Gasteiger partial charge in [0.15, 0.2) is 0 Å². The van der Waals surface area contributed by atoms with Crippen LogP contribution < -0.4 is 0 Å². The van der Waals surface area contributed by atoms with Crippen molar-refractivity contribution in [1.82, 2.24) is 0 Å². The molecule has 0 heterocycles. The fourth-order valence-electron chi connectivity index (χ4n) is 1.74. The number of aryl methyl sites for hydroxylation is 1. The fraction of sp³-hybridized carbons (Fsp3) is 0.538. The van der Waals surface area contributed by atoms with Crippen LogP contribution in [0, 0.1) is 6.92 Å². The second-order valence-corrected chi connectivity index (χ2v) is 7.13. The minimum absolute atomic E-state index is 0.120. The van der Waals surface area contributed by atoms with Gasteiger partial charge in [-0.25, -0.2) is 8.42 Å². The van der Waals surface area contributed by atoms with Crippen molar-refractivity contribution in [3.05, 3.63) is 35.4 Å². The minimum atomic E-state index is -2.95. The fourth-order valence-corrected chi connectivity index (χ4v) is 2.40. The zero-order chi connectivity index (χ0) is 13.1. The highest BCUT2D eigenvalue weighted by molar-refractivity contribution is 7.90. The first-order valence-electron chi connectivity index (χ1n) is 5.68. The van der Waals surface area contributed by atoms with Gasteiger partial charge in [-0.05, 0) is 32.3 Å². The van der Waals surface area contributed by atoms with Crippen LogP contribution in [0.25, 0.3) is 0 Å². The Bertz CT molecular complexity index is 458. The van der Waals surface area contributed by atoms with Crippen LogP contribution in [0.3, 0.4) is 0 Å². The highest BCUT2D eigenvalue weighted by atomic mass is 32.2. The van der Waals surface area contributed by atoms with Gasteiger partial charge in [-0.15, -0.1) is 0 Å². The van der Waals surface area contributed by atoms with Crippen molar-refractivity contribution >= 4 is 9.84 Å². The molecule has 3 nitrogen and oxygen atoms in total. The molecule has 1 aromatic carbocycles. The van der Waals surface area contributed by atoms with Gasteiger partial charge in [0.25, 0.3) is 0 Å². The Labute approximate surface area is 103 Å². The van der Waals surface area contributed by atoms with E-state index in [-0.39, 0.29) is 5.75 Å². The predicted molar refractivity (Wildman–Crippen MR) is 69.7 cm³/mol.